The van der Waals surface area contributed by atoms with E-state index in [2.05, 4.69) is 41.4 Å². The van der Waals surface area contributed by atoms with Gasteiger partial charge >= 0.3 is 0 Å². The highest BCUT2D eigenvalue weighted by Crippen LogP contribution is 2.20. The largest absolute Gasteiger partial charge is 0.496 e. The minimum absolute atomic E-state index is 0.0359. The van der Waals surface area contributed by atoms with Crippen LogP contribution in [0.1, 0.15) is 23.6 Å². The number of hydrogen-bond acceptors (Lipinski definition) is 3. The van der Waals surface area contributed by atoms with Gasteiger partial charge in [-0.15, -0.1) is 0 Å². The Morgan fingerprint density at radius 3 is 2.68 bits per heavy atom. The van der Waals surface area contributed by atoms with Gasteiger partial charge in [0.05, 0.1) is 13.5 Å². The Bertz CT molecular complexity index is 729. The average Bonchev–Trinajstić information content (AvgIpc) is 2.66. The molecule has 4 heteroatoms. The topological polar surface area (TPSA) is 41.6 Å². The van der Waals surface area contributed by atoms with Crippen molar-refractivity contribution < 1.29 is 9.53 Å². The van der Waals surface area contributed by atoms with Crippen molar-refractivity contribution in [1.82, 2.24) is 10.2 Å². The number of para-hydroxylation sites is 1. The first-order valence-electron chi connectivity index (χ1n) is 8.87. The van der Waals surface area contributed by atoms with E-state index in [1.54, 1.807) is 7.11 Å². The number of amides is 1. The van der Waals surface area contributed by atoms with Gasteiger partial charge in [-0.1, -0.05) is 42.5 Å². The van der Waals surface area contributed by atoms with E-state index in [-0.39, 0.29) is 5.91 Å². The summed E-state index contributed by atoms with van der Waals surface area (Å²) in [6.45, 7) is 4.84. The van der Waals surface area contributed by atoms with Crippen molar-refractivity contribution in [2.24, 2.45) is 0 Å². The van der Waals surface area contributed by atoms with Crippen LogP contribution in [0.5, 0.6) is 5.75 Å². The Balaban J connectivity index is 1.51. The van der Waals surface area contributed by atoms with Crippen molar-refractivity contribution in [2.75, 3.05) is 20.2 Å². The maximum absolute atomic E-state index is 12.3. The molecule has 0 saturated carbocycles. The van der Waals surface area contributed by atoms with Gasteiger partial charge in [-0.05, 0) is 30.5 Å². The highest BCUT2D eigenvalue weighted by molar-refractivity contribution is 5.79. The van der Waals surface area contributed by atoms with Gasteiger partial charge in [0, 0.05) is 31.2 Å². The zero-order chi connectivity index (χ0) is 17.6. The fourth-order valence-corrected chi connectivity index (χ4v) is 3.37. The Morgan fingerprint density at radius 1 is 1.16 bits per heavy atom. The smallest absolute Gasteiger partial charge is 0.224 e. The molecule has 0 fully saturated rings. The molecule has 0 aliphatic carbocycles. The second-order valence-electron chi connectivity index (χ2n) is 6.63. The molecule has 2 aromatic carbocycles. The van der Waals surface area contributed by atoms with Crippen LogP contribution in [-0.2, 0) is 24.2 Å². The molecule has 1 unspecified atom stereocenters. The summed E-state index contributed by atoms with van der Waals surface area (Å²) < 4.78 is 5.31. The molecular formula is C21H26N2O2. The van der Waals surface area contributed by atoms with Crippen LogP contribution in [0.25, 0.3) is 0 Å². The molecule has 0 bridgehead atoms. The van der Waals surface area contributed by atoms with Crippen molar-refractivity contribution in [3.63, 3.8) is 0 Å². The fourth-order valence-electron chi connectivity index (χ4n) is 3.37. The second-order valence-corrected chi connectivity index (χ2v) is 6.63. The summed E-state index contributed by atoms with van der Waals surface area (Å²) in [7, 11) is 1.63. The minimum atomic E-state index is 0.0359. The highest BCUT2D eigenvalue weighted by Gasteiger charge is 2.20. The number of methoxy groups -OCH3 is 1. The number of nitrogens with zero attached hydrogens (tertiary/aromatic N) is 1. The third kappa shape index (κ3) is 4.40. The van der Waals surface area contributed by atoms with Crippen LogP contribution in [0.4, 0.5) is 0 Å². The van der Waals surface area contributed by atoms with Crippen LogP contribution in [-0.4, -0.2) is 37.0 Å². The van der Waals surface area contributed by atoms with Crippen molar-refractivity contribution in [3.05, 3.63) is 65.2 Å². The van der Waals surface area contributed by atoms with Crippen molar-refractivity contribution in [3.8, 4) is 5.75 Å². The summed E-state index contributed by atoms with van der Waals surface area (Å²) >= 11 is 0. The molecule has 1 amide bonds. The molecule has 132 valence electrons. The van der Waals surface area contributed by atoms with Crippen molar-refractivity contribution >= 4 is 5.91 Å². The molecule has 0 radical (unpaired) electrons. The van der Waals surface area contributed by atoms with E-state index in [0.717, 1.165) is 30.8 Å². The molecular weight excluding hydrogens is 312 g/mol. The lowest BCUT2D eigenvalue weighted by atomic mass is 9.99. The van der Waals surface area contributed by atoms with Crippen LogP contribution in [0, 0.1) is 0 Å². The first-order valence-corrected chi connectivity index (χ1v) is 8.87. The zero-order valence-corrected chi connectivity index (χ0v) is 15.0. The number of hydrogen-bond donors (Lipinski definition) is 1. The fraction of sp³-hybridized carbons (Fsp3) is 0.381. The Kier molecular flexibility index (Phi) is 5.71. The van der Waals surface area contributed by atoms with Crippen molar-refractivity contribution in [2.45, 2.75) is 32.4 Å². The molecule has 2 aromatic rings. The van der Waals surface area contributed by atoms with E-state index in [9.17, 15) is 4.79 Å². The molecule has 0 spiro atoms. The highest BCUT2D eigenvalue weighted by atomic mass is 16.5. The quantitative estimate of drug-likeness (QED) is 0.881. The molecule has 4 nitrogen and oxygen atoms in total. The zero-order valence-electron chi connectivity index (χ0n) is 15.0. The lowest BCUT2D eigenvalue weighted by Gasteiger charge is -2.33. The standard InChI is InChI=1S/C21H26N2O2/c1-16(23-12-11-17-7-3-4-9-19(17)15-23)14-22-21(24)13-18-8-5-6-10-20(18)25-2/h3-10,16H,11-15H2,1-2H3,(H,22,24). The number of carbonyl (C=O) groups excluding carboxylic acids is 1. The first-order chi connectivity index (χ1) is 12.2. The average molecular weight is 338 g/mol. The van der Waals surface area contributed by atoms with Gasteiger partial charge in [-0.25, -0.2) is 0 Å². The van der Waals surface area contributed by atoms with E-state index in [4.69, 9.17) is 4.74 Å². The normalized spacial score (nSPS) is 15.3. The maximum Gasteiger partial charge on any atom is 0.224 e. The number of fused-ring (bicyclic) bond motifs is 1. The third-order valence-corrected chi connectivity index (χ3v) is 4.92. The van der Waals surface area contributed by atoms with Gasteiger partial charge in [0.25, 0.3) is 0 Å². The summed E-state index contributed by atoms with van der Waals surface area (Å²) in [4.78, 5) is 14.7. The van der Waals surface area contributed by atoms with Crippen LogP contribution in [0.15, 0.2) is 48.5 Å². The van der Waals surface area contributed by atoms with Crippen LogP contribution >= 0.6 is 0 Å². The number of nitrogens with one attached hydrogen (secondary N) is 1. The molecule has 25 heavy (non-hydrogen) atoms. The third-order valence-electron chi connectivity index (χ3n) is 4.92. The van der Waals surface area contributed by atoms with E-state index in [1.165, 1.54) is 11.1 Å². The maximum atomic E-state index is 12.3. The van der Waals surface area contributed by atoms with Gasteiger partial charge in [-0.3, -0.25) is 9.69 Å². The summed E-state index contributed by atoms with van der Waals surface area (Å²) in [6.07, 6.45) is 1.43. The van der Waals surface area contributed by atoms with Gasteiger partial charge in [-0.2, -0.15) is 0 Å². The number of benzene rings is 2. The van der Waals surface area contributed by atoms with Crippen LogP contribution in [0.2, 0.25) is 0 Å². The molecule has 1 atom stereocenters. The van der Waals surface area contributed by atoms with Crippen LogP contribution < -0.4 is 10.1 Å². The van der Waals surface area contributed by atoms with E-state index in [1.807, 2.05) is 24.3 Å². The van der Waals surface area contributed by atoms with Gasteiger partial charge in [0.2, 0.25) is 5.91 Å². The van der Waals surface area contributed by atoms with Gasteiger partial charge < -0.3 is 10.1 Å². The molecule has 0 aromatic heterocycles. The molecule has 1 N–H and O–H groups in total. The predicted molar refractivity (Wildman–Crippen MR) is 99.7 cm³/mol. The molecule has 1 aliphatic heterocycles. The lowest BCUT2D eigenvalue weighted by molar-refractivity contribution is -0.120. The summed E-state index contributed by atoms with van der Waals surface area (Å²) in [6, 6.07) is 16.6. The van der Waals surface area contributed by atoms with E-state index in [0.29, 0.717) is 19.0 Å². The minimum Gasteiger partial charge on any atom is -0.496 e. The monoisotopic (exact) mass is 338 g/mol. The Labute approximate surface area is 149 Å². The molecule has 0 saturated heterocycles. The summed E-state index contributed by atoms with van der Waals surface area (Å²) in [5, 5.41) is 3.07. The molecule has 1 aliphatic rings. The second kappa shape index (κ2) is 8.17. The van der Waals surface area contributed by atoms with Crippen molar-refractivity contribution in [1.29, 1.82) is 0 Å². The summed E-state index contributed by atoms with van der Waals surface area (Å²) in [5.41, 5.74) is 3.77. The molecule has 1 heterocycles. The Morgan fingerprint density at radius 2 is 1.88 bits per heavy atom. The van der Waals surface area contributed by atoms with Gasteiger partial charge in [0.1, 0.15) is 5.75 Å². The molecule has 3 rings (SSSR count). The Hall–Kier alpha value is -2.33. The summed E-state index contributed by atoms with van der Waals surface area (Å²) in [5.74, 6) is 0.798. The lowest BCUT2D eigenvalue weighted by Crippen LogP contribution is -2.44. The number of rotatable bonds is 6. The number of ether oxygens (including phenoxy) is 1. The predicted octanol–water partition coefficient (Wildman–Crippen LogP) is 2.80. The SMILES string of the molecule is COc1ccccc1CC(=O)NCC(C)N1CCc2ccccc2C1. The van der Waals surface area contributed by atoms with E-state index < -0.39 is 0 Å². The number of carbonyl (C=O) groups is 1. The first kappa shape index (κ1) is 17.5. The van der Waals surface area contributed by atoms with E-state index >= 15 is 0 Å². The van der Waals surface area contributed by atoms with Gasteiger partial charge in [0.15, 0.2) is 0 Å². The van der Waals surface area contributed by atoms with Crippen LogP contribution in [0.3, 0.4) is 0 Å².